The van der Waals surface area contributed by atoms with Crippen LogP contribution in [-0.2, 0) is 14.6 Å². The van der Waals surface area contributed by atoms with E-state index in [1.54, 1.807) is 12.1 Å². The van der Waals surface area contributed by atoms with Gasteiger partial charge in [0.1, 0.15) is 5.82 Å². The van der Waals surface area contributed by atoms with E-state index in [1.807, 2.05) is 5.01 Å². The van der Waals surface area contributed by atoms with Crippen LogP contribution >= 0.6 is 0 Å². The Hall–Kier alpha value is -2.02. The predicted molar refractivity (Wildman–Crippen MR) is 105 cm³/mol. The Morgan fingerprint density at radius 2 is 1.93 bits per heavy atom. The molecule has 2 aliphatic rings. The monoisotopic (exact) mass is 405 g/mol. The maximum absolute atomic E-state index is 12.1. The molecule has 2 saturated heterocycles. The summed E-state index contributed by atoms with van der Waals surface area (Å²) in [5, 5.41) is 11.5. The summed E-state index contributed by atoms with van der Waals surface area (Å²) in [5.74, 6) is 0.641. The number of carbonyl (C=O) groups is 1. The predicted octanol–water partition coefficient (Wildman–Crippen LogP) is 1.30. The molecule has 9 heteroatoms. The molecule has 0 amide bonds. The number of Topliss-reactive ketones (excluding diaryl/α,β-unsaturated/α-hetero) is 1. The molecular formula is C19H27N5O3S. The van der Waals surface area contributed by atoms with Gasteiger partial charge < -0.3 is 4.90 Å². The molecule has 3 rings (SSSR count). The maximum atomic E-state index is 12.1. The van der Waals surface area contributed by atoms with Gasteiger partial charge in [0.05, 0.1) is 11.0 Å². The van der Waals surface area contributed by atoms with Crippen LogP contribution < -0.4 is 10.3 Å². The van der Waals surface area contributed by atoms with E-state index in [1.165, 1.54) is 19.4 Å². The Morgan fingerprint density at radius 3 is 2.43 bits per heavy atom. The zero-order valence-electron chi connectivity index (χ0n) is 16.6. The molecule has 2 fully saturated rings. The minimum atomic E-state index is -3.25. The highest BCUT2D eigenvalue weighted by atomic mass is 32.2. The fourth-order valence-electron chi connectivity index (χ4n) is 3.98. The van der Waals surface area contributed by atoms with Crippen LogP contribution in [0.25, 0.3) is 0 Å². The van der Waals surface area contributed by atoms with Crippen molar-refractivity contribution in [3.8, 4) is 6.07 Å². The highest BCUT2D eigenvalue weighted by Gasteiger charge is 2.48. The van der Waals surface area contributed by atoms with Gasteiger partial charge in [-0.15, -0.1) is 0 Å². The molecule has 0 spiro atoms. The van der Waals surface area contributed by atoms with Crippen molar-refractivity contribution in [2.75, 3.05) is 30.8 Å². The summed E-state index contributed by atoms with van der Waals surface area (Å²) in [7, 11) is -3.25. The second kappa shape index (κ2) is 7.43. The number of anilines is 1. The van der Waals surface area contributed by atoms with Crippen LogP contribution in [0.3, 0.4) is 0 Å². The number of nitrogens with one attached hydrogen (secondary N) is 1. The molecule has 0 radical (unpaired) electrons. The normalized spacial score (nSPS) is 25.4. The number of hydrogen-bond donors (Lipinski definition) is 1. The van der Waals surface area contributed by atoms with Gasteiger partial charge in [-0.1, -0.05) is 0 Å². The molecule has 3 heterocycles. The van der Waals surface area contributed by atoms with Gasteiger partial charge in [-0.2, -0.15) is 5.26 Å². The van der Waals surface area contributed by atoms with Crippen LogP contribution in [0.2, 0.25) is 0 Å². The fourth-order valence-corrected chi connectivity index (χ4v) is 4.54. The largest absolute Gasteiger partial charge is 0.356 e. The minimum absolute atomic E-state index is 0.115. The third-order valence-corrected chi connectivity index (χ3v) is 6.99. The van der Waals surface area contributed by atoms with Crippen molar-refractivity contribution in [3.05, 3.63) is 18.3 Å². The molecule has 1 N–H and O–H groups in total. The molecule has 2 aliphatic heterocycles. The van der Waals surface area contributed by atoms with Gasteiger partial charge >= 0.3 is 0 Å². The summed E-state index contributed by atoms with van der Waals surface area (Å²) in [6, 6.07) is 5.56. The Bertz CT molecular complexity index is 885. The number of pyridine rings is 1. The number of hydrazine groups is 1. The molecule has 0 saturated carbocycles. The topological polar surface area (TPSA) is 106 Å². The van der Waals surface area contributed by atoms with Gasteiger partial charge in [0, 0.05) is 37.6 Å². The number of nitrogens with zero attached hydrogens (tertiary/aromatic N) is 4. The number of carbonyl (C=O) groups excluding carboxylic acids is 1. The van der Waals surface area contributed by atoms with Crippen molar-refractivity contribution >= 4 is 21.4 Å². The number of piperidine rings is 1. The lowest BCUT2D eigenvalue weighted by atomic mass is 9.89. The second-order valence-corrected chi connectivity index (χ2v) is 10.1. The van der Waals surface area contributed by atoms with Crippen LogP contribution in [0.15, 0.2) is 23.2 Å². The average Bonchev–Trinajstić information content (AvgIpc) is 3.05. The SMILES string of the molecule is CC(=O)C1(C#N)CCCN1NC1(C)CCN(c2ccc(S(C)(=O)=O)cn2)CC1. The number of nitriles is 1. The molecule has 1 unspecified atom stereocenters. The lowest BCUT2D eigenvalue weighted by molar-refractivity contribution is -0.127. The average molecular weight is 406 g/mol. The lowest BCUT2D eigenvalue weighted by Crippen LogP contribution is -2.63. The van der Waals surface area contributed by atoms with E-state index < -0.39 is 15.4 Å². The molecule has 28 heavy (non-hydrogen) atoms. The van der Waals surface area contributed by atoms with Crippen LogP contribution in [-0.4, -0.2) is 61.2 Å². The van der Waals surface area contributed by atoms with Gasteiger partial charge in [0.2, 0.25) is 0 Å². The summed E-state index contributed by atoms with van der Waals surface area (Å²) in [5.41, 5.74) is 2.20. The standard InChI is InChI=1S/C19H27N5O3S/c1-15(25)19(14-20)7-4-10-24(19)22-18(2)8-11-23(12-9-18)17-6-5-16(13-21-17)28(3,26)27/h5-6,13,22H,4,7-12H2,1-3H3. The third-order valence-electron chi connectivity index (χ3n) is 5.89. The Balaban J connectivity index is 1.66. The zero-order valence-corrected chi connectivity index (χ0v) is 17.4. The highest BCUT2D eigenvalue weighted by molar-refractivity contribution is 7.90. The maximum Gasteiger partial charge on any atom is 0.180 e. The third kappa shape index (κ3) is 3.90. The van der Waals surface area contributed by atoms with Gasteiger partial charge in [-0.25, -0.2) is 23.8 Å². The summed E-state index contributed by atoms with van der Waals surface area (Å²) >= 11 is 0. The van der Waals surface area contributed by atoms with Crippen molar-refractivity contribution in [2.45, 2.75) is 55.5 Å². The van der Waals surface area contributed by atoms with Crippen molar-refractivity contribution in [1.82, 2.24) is 15.4 Å². The van der Waals surface area contributed by atoms with E-state index in [4.69, 9.17) is 0 Å². The number of ketones is 1. The molecule has 152 valence electrons. The van der Waals surface area contributed by atoms with E-state index in [-0.39, 0.29) is 16.2 Å². The van der Waals surface area contributed by atoms with Crippen molar-refractivity contribution in [2.24, 2.45) is 0 Å². The van der Waals surface area contributed by atoms with Gasteiger partial charge in [0.15, 0.2) is 21.2 Å². The van der Waals surface area contributed by atoms with E-state index in [0.717, 1.165) is 38.2 Å². The molecular weight excluding hydrogens is 378 g/mol. The Morgan fingerprint density at radius 1 is 1.25 bits per heavy atom. The van der Waals surface area contributed by atoms with E-state index >= 15 is 0 Å². The van der Waals surface area contributed by atoms with Gasteiger partial charge in [-0.3, -0.25) is 4.79 Å². The van der Waals surface area contributed by atoms with Crippen molar-refractivity contribution in [1.29, 1.82) is 5.26 Å². The van der Waals surface area contributed by atoms with Crippen LogP contribution in [0.4, 0.5) is 5.82 Å². The molecule has 0 bridgehead atoms. The van der Waals surface area contributed by atoms with Crippen LogP contribution in [0.5, 0.6) is 0 Å². The minimum Gasteiger partial charge on any atom is -0.356 e. The summed E-state index contributed by atoms with van der Waals surface area (Å²) in [4.78, 5) is 18.8. The molecule has 1 aromatic heterocycles. The fraction of sp³-hybridized carbons (Fsp3) is 0.632. The van der Waals surface area contributed by atoms with Crippen molar-refractivity contribution in [3.63, 3.8) is 0 Å². The van der Waals surface area contributed by atoms with Gasteiger partial charge in [0.25, 0.3) is 0 Å². The summed E-state index contributed by atoms with van der Waals surface area (Å²) in [6.45, 7) is 5.79. The molecule has 8 nitrogen and oxygen atoms in total. The molecule has 0 aliphatic carbocycles. The Labute approximate surface area is 166 Å². The van der Waals surface area contributed by atoms with Crippen LogP contribution in [0, 0.1) is 11.3 Å². The molecule has 0 aromatic carbocycles. The van der Waals surface area contributed by atoms with Crippen molar-refractivity contribution < 1.29 is 13.2 Å². The number of hydrogen-bond acceptors (Lipinski definition) is 8. The quantitative estimate of drug-likeness (QED) is 0.781. The van der Waals surface area contributed by atoms with E-state index in [9.17, 15) is 18.5 Å². The molecule has 1 atom stereocenters. The second-order valence-electron chi connectivity index (χ2n) is 8.07. The van der Waals surface area contributed by atoms with Gasteiger partial charge in [-0.05, 0) is 51.7 Å². The summed E-state index contributed by atoms with van der Waals surface area (Å²) in [6.07, 6.45) is 5.58. The number of sulfone groups is 1. The Kier molecular flexibility index (Phi) is 5.49. The van der Waals surface area contributed by atoms with E-state index in [2.05, 4.69) is 28.3 Å². The first-order valence-corrected chi connectivity index (χ1v) is 11.4. The van der Waals surface area contributed by atoms with E-state index in [0.29, 0.717) is 13.0 Å². The number of aromatic nitrogens is 1. The summed E-state index contributed by atoms with van der Waals surface area (Å²) < 4.78 is 23.2. The van der Waals surface area contributed by atoms with Crippen LogP contribution in [0.1, 0.15) is 39.5 Å². The number of rotatable bonds is 5. The first-order valence-electron chi connectivity index (χ1n) is 9.48. The highest BCUT2D eigenvalue weighted by Crippen LogP contribution is 2.32. The first kappa shape index (κ1) is 20.7. The molecule has 1 aromatic rings. The lowest BCUT2D eigenvalue weighted by Gasteiger charge is -2.45. The zero-order chi connectivity index (χ0) is 20.6. The first-order chi connectivity index (χ1) is 13.1. The smallest absolute Gasteiger partial charge is 0.180 e.